The number of rotatable bonds is 7. The number of hydrogen-bond acceptors (Lipinski definition) is 6. The molecule has 0 spiro atoms. The number of aryl methyl sites for hydroxylation is 2. The molecule has 0 bridgehead atoms. The van der Waals surface area contributed by atoms with E-state index in [0.29, 0.717) is 28.3 Å². The molecule has 0 atom stereocenters. The summed E-state index contributed by atoms with van der Waals surface area (Å²) in [6, 6.07) is 22.9. The van der Waals surface area contributed by atoms with Gasteiger partial charge in [-0.2, -0.15) is 10.5 Å². The molecule has 0 aliphatic rings. The van der Waals surface area contributed by atoms with Gasteiger partial charge in [-0.1, -0.05) is 54.1 Å². The molecule has 8 heteroatoms. The summed E-state index contributed by atoms with van der Waals surface area (Å²) in [6.45, 7) is 3.97. The van der Waals surface area contributed by atoms with Crippen LogP contribution in [-0.2, 0) is 0 Å². The molecule has 0 amide bonds. The number of nitrogens with zero attached hydrogens (tertiary/aromatic N) is 2. The lowest BCUT2D eigenvalue weighted by Gasteiger charge is -2.13. The molecule has 162 valence electrons. The molecule has 6 nitrogen and oxygen atoms in total. The van der Waals surface area contributed by atoms with Crippen LogP contribution >= 0.6 is 23.5 Å². The summed E-state index contributed by atoms with van der Waals surface area (Å²) in [5.74, 6) is 1.34. The number of halogens is 1. The first kappa shape index (κ1) is 22.1. The van der Waals surface area contributed by atoms with E-state index >= 15 is 0 Å². The van der Waals surface area contributed by atoms with Crippen LogP contribution in [0.1, 0.15) is 11.1 Å². The molecule has 0 aliphatic carbocycles. The van der Waals surface area contributed by atoms with Crippen molar-refractivity contribution in [1.82, 2.24) is 9.97 Å². The van der Waals surface area contributed by atoms with E-state index in [1.54, 1.807) is 6.07 Å². The maximum absolute atomic E-state index is 9.25. The summed E-state index contributed by atoms with van der Waals surface area (Å²) >= 11 is 7.70. The zero-order valence-electron chi connectivity index (χ0n) is 17.5. The summed E-state index contributed by atoms with van der Waals surface area (Å²) in [7, 11) is 0. The van der Waals surface area contributed by atoms with Gasteiger partial charge >= 0.3 is 0 Å². The Bertz CT molecular complexity index is 1230. The molecular weight excluding hydrogens is 444 g/mol. The highest BCUT2D eigenvalue weighted by atomic mass is 35.5. The lowest BCUT2D eigenvalue weighted by atomic mass is 10.1. The first-order valence-corrected chi connectivity index (χ1v) is 11.1. The fraction of sp³-hybridized carbons (Fsp3) is 0.0833. The minimum atomic E-state index is 0.384. The van der Waals surface area contributed by atoms with E-state index in [-0.39, 0.29) is 0 Å². The SMILES string of the molecule is Cc1ccccc1-c1cc(Oc2c(C)cccc2Cl)nc(NSc2cccc([NH2+]O)c2)n1. The zero-order valence-corrected chi connectivity index (χ0v) is 19.1. The summed E-state index contributed by atoms with van der Waals surface area (Å²) in [4.78, 5) is 10.1. The van der Waals surface area contributed by atoms with Gasteiger partial charge in [-0.25, -0.2) is 10.2 Å². The van der Waals surface area contributed by atoms with Crippen molar-refractivity contribution < 1.29 is 15.4 Å². The molecule has 0 saturated heterocycles. The van der Waals surface area contributed by atoms with E-state index in [0.717, 1.165) is 32.8 Å². The molecule has 0 saturated carbocycles. The van der Waals surface area contributed by atoms with Crippen molar-refractivity contribution >= 4 is 35.2 Å². The van der Waals surface area contributed by atoms with Crippen LogP contribution in [0.25, 0.3) is 11.3 Å². The molecular formula is C24H22ClN4O2S+. The number of anilines is 1. The predicted octanol–water partition coefficient (Wildman–Crippen LogP) is 5.91. The Labute approximate surface area is 195 Å². The Kier molecular flexibility index (Phi) is 6.92. The topological polar surface area (TPSA) is 83.9 Å². The molecule has 0 radical (unpaired) electrons. The maximum atomic E-state index is 9.25. The highest BCUT2D eigenvalue weighted by Crippen LogP contribution is 2.34. The van der Waals surface area contributed by atoms with Crippen LogP contribution in [-0.4, -0.2) is 15.2 Å². The number of aromatic nitrogens is 2. The van der Waals surface area contributed by atoms with Crippen LogP contribution in [0.4, 0.5) is 11.6 Å². The molecule has 3 aromatic carbocycles. The van der Waals surface area contributed by atoms with Gasteiger partial charge < -0.3 is 4.74 Å². The van der Waals surface area contributed by atoms with Gasteiger partial charge in [0, 0.05) is 28.7 Å². The predicted molar refractivity (Wildman–Crippen MR) is 128 cm³/mol. The minimum absolute atomic E-state index is 0.384. The molecule has 0 aliphatic heterocycles. The number of nitrogens with one attached hydrogen (secondary N) is 1. The standard InChI is InChI=1S/C24H21ClN4O2S/c1-15-7-3-4-11-19(15)21-14-22(31-23-16(2)8-5-12-20(23)25)27-24(26-21)29-32-18-10-6-9-17(13-18)28-30/h3-14,28,30H,1-2H3,(H,26,27,29)/p+1. The average molecular weight is 466 g/mol. The van der Waals surface area contributed by atoms with Crippen LogP contribution in [0.15, 0.2) is 77.7 Å². The summed E-state index contributed by atoms with van der Waals surface area (Å²) < 4.78 is 9.28. The molecule has 32 heavy (non-hydrogen) atoms. The number of nitrogens with two attached hydrogens (primary N) is 1. The summed E-state index contributed by atoms with van der Waals surface area (Å²) in [5.41, 5.74) is 5.51. The van der Waals surface area contributed by atoms with Gasteiger partial charge in [-0.3, -0.25) is 4.72 Å². The Morgan fingerprint density at radius 3 is 2.50 bits per heavy atom. The van der Waals surface area contributed by atoms with Crippen LogP contribution in [0.2, 0.25) is 5.02 Å². The zero-order chi connectivity index (χ0) is 22.5. The van der Waals surface area contributed by atoms with Crippen molar-refractivity contribution in [3.05, 3.63) is 88.9 Å². The van der Waals surface area contributed by atoms with Crippen LogP contribution < -0.4 is 14.9 Å². The summed E-state index contributed by atoms with van der Waals surface area (Å²) in [5, 5.41) is 9.77. The first-order chi connectivity index (χ1) is 15.5. The van der Waals surface area contributed by atoms with Crippen molar-refractivity contribution in [1.29, 1.82) is 0 Å². The molecule has 1 heterocycles. The fourth-order valence-electron chi connectivity index (χ4n) is 3.13. The van der Waals surface area contributed by atoms with E-state index < -0.39 is 0 Å². The Balaban J connectivity index is 1.69. The Morgan fingerprint density at radius 1 is 0.938 bits per heavy atom. The Morgan fingerprint density at radius 2 is 1.72 bits per heavy atom. The smallest absolute Gasteiger partial charge is 0.237 e. The van der Waals surface area contributed by atoms with Crippen molar-refractivity contribution in [2.24, 2.45) is 0 Å². The second-order valence-electron chi connectivity index (χ2n) is 7.12. The monoisotopic (exact) mass is 465 g/mol. The molecule has 1 aromatic heterocycles. The average Bonchev–Trinajstić information content (AvgIpc) is 2.80. The van der Waals surface area contributed by atoms with Crippen LogP contribution in [0.3, 0.4) is 0 Å². The largest absolute Gasteiger partial charge is 0.437 e. The van der Waals surface area contributed by atoms with E-state index in [1.807, 2.05) is 80.6 Å². The molecule has 4 N–H and O–H groups in total. The fourth-order valence-corrected chi connectivity index (χ4v) is 4.04. The van der Waals surface area contributed by atoms with E-state index in [9.17, 15) is 5.21 Å². The van der Waals surface area contributed by atoms with Gasteiger partial charge in [0.05, 0.1) is 10.7 Å². The third kappa shape index (κ3) is 5.20. The summed E-state index contributed by atoms with van der Waals surface area (Å²) in [6.07, 6.45) is 0. The lowest BCUT2D eigenvalue weighted by molar-refractivity contribution is -0.825. The van der Waals surface area contributed by atoms with Gasteiger partial charge in [0.25, 0.3) is 0 Å². The van der Waals surface area contributed by atoms with E-state index in [1.165, 1.54) is 11.9 Å². The number of para-hydroxylation sites is 1. The van der Waals surface area contributed by atoms with Crippen molar-refractivity contribution in [3.8, 4) is 22.9 Å². The van der Waals surface area contributed by atoms with Gasteiger partial charge in [0.15, 0.2) is 11.4 Å². The van der Waals surface area contributed by atoms with Gasteiger partial charge in [0.1, 0.15) is 0 Å². The van der Waals surface area contributed by atoms with Crippen molar-refractivity contribution in [3.63, 3.8) is 0 Å². The Hall–Kier alpha value is -3.10. The second kappa shape index (κ2) is 10.0. The minimum Gasteiger partial charge on any atom is -0.437 e. The number of quaternary nitrogens is 1. The van der Waals surface area contributed by atoms with E-state index in [4.69, 9.17) is 21.3 Å². The molecule has 0 unspecified atom stereocenters. The molecule has 4 aromatic rings. The normalized spacial score (nSPS) is 10.8. The van der Waals surface area contributed by atoms with Crippen molar-refractivity contribution in [2.75, 3.05) is 4.72 Å². The van der Waals surface area contributed by atoms with Crippen LogP contribution in [0, 0.1) is 13.8 Å². The van der Waals surface area contributed by atoms with Crippen molar-refractivity contribution in [2.45, 2.75) is 18.7 Å². The van der Waals surface area contributed by atoms with Gasteiger partial charge in [-0.15, -0.1) is 0 Å². The highest BCUT2D eigenvalue weighted by molar-refractivity contribution is 8.00. The second-order valence-corrected chi connectivity index (χ2v) is 8.41. The maximum Gasteiger partial charge on any atom is 0.237 e. The number of benzene rings is 3. The first-order valence-electron chi connectivity index (χ1n) is 9.92. The van der Waals surface area contributed by atoms with E-state index in [2.05, 4.69) is 9.71 Å². The number of hydrogen-bond donors (Lipinski definition) is 3. The highest BCUT2D eigenvalue weighted by Gasteiger charge is 2.13. The van der Waals surface area contributed by atoms with Crippen LogP contribution in [0.5, 0.6) is 11.6 Å². The molecule has 4 rings (SSSR count). The van der Waals surface area contributed by atoms with Gasteiger partial charge in [-0.05, 0) is 49.1 Å². The molecule has 0 fully saturated rings. The quantitative estimate of drug-likeness (QED) is 0.179. The third-order valence-corrected chi connectivity index (χ3v) is 5.83. The number of ether oxygens (including phenoxy) is 1. The lowest BCUT2D eigenvalue weighted by Crippen LogP contribution is -2.73. The van der Waals surface area contributed by atoms with Gasteiger partial charge in [0.2, 0.25) is 11.8 Å². The third-order valence-electron chi connectivity index (χ3n) is 4.76.